The van der Waals surface area contributed by atoms with Crippen LogP contribution in [-0.4, -0.2) is 35.7 Å². The van der Waals surface area contributed by atoms with Crippen molar-refractivity contribution in [3.63, 3.8) is 0 Å². The van der Waals surface area contributed by atoms with Crippen molar-refractivity contribution in [3.05, 3.63) is 12.7 Å². The zero-order chi connectivity index (χ0) is 9.78. The fraction of sp³-hybridized carbons (Fsp3) is 0.500. The smallest absolute Gasteiger partial charge is 0.265 e. The van der Waals surface area contributed by atoms with Crippen molar-refractivity contribution in [1.82, 2.24) is 0 Å². The Kier molecular flexibility index (Phi) is 4.08. The molecule has 1 unspecified atom stereocenters. The van der Waals surface area contributed by atoms with E-state index in [4.69, 9.17) is 9.66 Å². The molecule has 0 aliphatic heterocycles. The van der Waals surface area contributed by atoms with Gasteiger partial charge in [-0.15, -0.1) is 6.58 Å². The largest absolute Gasteiger partial charge is 0.381 e. The van der Waals surface area contributed by atoms with Crippen molar-refractivity contribution in [2.75, 3.05) is 5.75 Å². The van der Waals surface area contributed by atoms with Gasteiger partial charge in [-0.3, -0.25) is 9.35 Å². The highest BCUT2D eigenvalue weighted by Gasteiger charge is 2.14. The van der Waals surface area contributed by atoms with Gasteiger partial charge < -0.3 is 5.11 Å². The van der Waals surface area contributed by atoms with E-state index in [0.717, 1.165) is 6.08 Å². The second kappa shape index (κ2) is 4.34. The van der Waals surface area contributed by atoms with Crippen LogP contribution in [0.1, 0.15) is 6.42 Å². The van der Waals surface area contributed by atoms with E-state index in [2.05, 4.69) is 6.58 Å². The van der Waals surface area contributed by atoms with Crippen LogP contribution in [0.4, 0.5) is 0 Å². The standard InChI is InChI=1S/C6H10O5S/c1-2-5(7)6(8)3-4-12(9,10)11/h2,5,7H,1,3-4H2,(H,9,10,11). The summed E-state index contributed by atoms with van der Waals surface area (Å²) in [7, 11) is -4.13. The van der Waals surface area contributed by atoms with E-state index in [1.54, 1.807) is 0 Å². The third kappa shape index (κ3) is 5.00. The number of aliphatic hydroxyl groups excluding tert-OH is 1. The number of aliphatic hydroxyl groups is 1. The zero-order valence-corrected chi connectivity index (χ0v) is 7.12. The van der Waals surface area contributed by atoms with Gasteiger partial charge in [0, 0.05) is 6.42 Å². The van der Waals surface area contributed by atoms with Crippen LogP contribution in [0.5, 0.6) is 0 Å². The van der Waals surface area contributed by atoms with E-state index in [0.29, 0.717) is 0 Å². The highest BCUT2D eigenvalue weighted by Crippen LogP contribution is 1.95. The Bertz CT molecular complexity index is 266. The van der Waals surface area contributed by atoms with E-state index < -0.39 is 34.2 Å². The van der Waals surface area contributed by atoms with Crippen LogP contribution in [0.15, 0.2) is 12.7 Å². The highest BCUT2D eigenvalue weighted by molar-refractivity contribution is 7.85. The molecule has 0 aliphatic rings. The van der Waals surface area contributed by atoms with Gasteiger partial charge in [-0.1, -0.05) is 6.08 Å². The van der Waals surface area contributed by atoms with Gasteiger partial charge in [0.2, 0.25) is 0 Å². The van der Waals surface area contributed by atoms with E-state index in [1.165, 1.54) is 0 Å². The van der Waals surface area contributed by atoms with E-state index in [1.807, 2.05) is 0 Å². The molecule has 0 radical (unpaired) electrons. The second-order valence-corrected chi connectivity index (χ2v) is 3.75. The number of hydrogen-bond acceptors (Lipinski definition) is 4. The first-order chi connectivity index (χ1) is 5.37. The molecule has 0 rings (SSSR count). The predicted octanol–water partition coefficient (Wildman–Crippen LogP) is -0.620. The van der Waals surface area contributed by atoms with Crippen molar-refractivity contribution >= 4 is 15.9 Å². The summed E-state index contributed by atoms with van der Waals surface area (Å²) in [6.45, 7) is 3.14. The fourth-order valence-electron chi connectivity index (χ4n) is 0.509. The predicted molar refractivity (Wildman–Crippen MR) is 42.2 cm³/mol. The molecule has 0 amide bonds. The second-order valence-electron chi connectivity index (χ2n) is 2.18. The maximum absolute atomic E-state index is 10.7. The summed E-state index contributed by atoms with van der Waals surface area (Å²) in [4.78, 5) is 10.7. The topological polar surface area (TPSA) is 91.7 Å². The third-order valence-electron chi connectivity index (χ3n) is 1.16. The van der Waals surface area contributed by atoms with Crippen molar-refractivity contribution in [1.29, 1.82) is 0 Å². The van der Waals surface area contributed by atoms with E-state index in [-0.39, 0.29) is 0 Å². The molecular weight excluding hydrogens is 184 g/mol. The molecule has 0 fully saturated rings. The molecule has 70 valence electrons. The normalized spacial score (nSPS) is 13.8. The third-order valence-corrected chi connectivity index (χ3v) is 1.88. The molecule has 0 saturated carbocycles. The Morgan fingerprint density at radius 2 is 2.08 bits per heavy atom. The highest BCUT2D eigenvalue weighted by atomic mass is 32.2. The van der Waals surface area contributed by atoms with Crippen LogP contribution in [0.2, 0.25) is 0 Å². The quantitative estimate of drug-likeness (QED) is 0.449. The Morgan fingerprint density at radius 1 is 1.58 bits per heavy atom. The molecule has 0 spiro atoms. The molecule has 0 aliphatic carbocycles. The van der Waals surface area contributed by atoms with Gasteiger partial charge in [-0.05, 0) is 0 Å². The Morgan fingerprint density at radius 3 is 2.42 bits per heavy atom. The molecule has 0 aromatic rings. The Labute approximate surface area is 70.5 Å². The summed E-state index contributed by atoms with van der Waals surface area (Å²) in [6, 6.07) is 0. The van der Waals surface area contributed by atoms with E-state index in [9.17, 15) is 13.2 Å². The van der Waals surface area contributed by atoms with Crippen LogP contribution in [0.3, 0.4) is 0 Å². The maximum atomic E-state index is 10.7. The van der Waals surface area contributed by atoms with Gasteiger partial charge in [0.05, 0.1) is 5.75 Å². The minimum atomic E-state index is -4.13. The lowest BCUT2D eigenvalue weighted by atomic mass is 10.2. The van der Waals surface area contributed by atoms with Crippen LogP contribution in [-0.2, 0) is 14.9 Å². The molecule has 0 bridgehead atoms. The van der Waals surface area contributed by atoms with Gasteiger partial charge in [-0.2, -0.15) is 8.42 Å². The molecule has 5 nitrogen and oxygen atoms in total. The van der Waals surface area contributed by atoms with Gasteiger partial charge in [0.15, 0.2) is 5.78 Å². The van der Waals surface area contributed by atoms with Crippen molar-refractivity contribution in [2.24, 2.45) is 0 Å². The van der Waals surface area contributed by atoms with Gasteiger partial charge >= 0.3 is 0 Å². The minimum absolute atomic E-state index is 0.411. The monoisotopic (exact) mass is 194 g/mol. The van der Waals surface area contributed by atoms with Crippen LogP contribution in [0.25, 0.3) is 0 Å². The number of Topliss-reactive ketones (excluding diaryl/α,β-unsaturated/α-hetero) is 1. The van der Waals surface area contributed by atoms with Gasteiger partial charge in [0.25, 0.3) is 10.1 Å². The average molecular weight is 194 g/mol. The molecule has 0 aromatic carbocycles. The average Bonchev–Trinajstić information content (AvgIpc) is 1.97. The molecule has 1 atom stereocenters. The minimum Gasteiger partial charge on any atom is -0.381 e. The van der Waals surface area contributed by atoms with Crippen molar-refractivity contribution < 1.29 is 22.9 Å². The first kappa shape index (κ1) is 11.3. The number of rotatable bonds is 5. The molecule has 0 aromatic heterocycles. The SMILES string of the molecule is C=CC(O)C(=O)CCS(=O)(=O)O. The number of carbonyl (C=O) groups is 1. The maximum Gasteiger partial charge on any atom is 0.265 e. The first-order valence-corrected chi connectivity index (χ1v) is 4.76. The zero-order valence-electron chi connectivity index (χ0n) is 6.30. The summed E-state index contributed by atoms with van der Waals surface area (Å²) in [5, 5.41) is 8.78. The lowest BCUT2D eigenvalue weighted by Gasteiger charge is -2.01. The lowest BCUT2D eigenvalue weighted by Crippen LogP contribution is -2.20. The number of hydrogen-bond donors (Lipinski definition) is 2. The molecular formula is C6H10O5S. The van der Waals surface area contributed by atoms with Gasteiger partial charge in [0.1, 0.15) is 6.10 Å². The molecule has 12 heavy (non-hydrogen) atoms. The van der Waals surface area contributed by atoms with Crippen molar-refractivity contribution in [3.8, 4) is 0 Å². The molecule has 0 saturated heterocycles. The first-order valence-electron chi connectivity index (χ1n) is 3.15. The van der Waals surface area contributed by atoms with E-state index >= 15 is 0 Å². The van der Waals surface area contributed by atoms with Crippen LogP contribution < -0.4 is 0 Å². The van der Waals surface area contributed by atoms with Gasteiger partial charge in [-0.25, -0.2) is 0 Å². The molecule has 0 heterocycles. The van der Waals surface area contributed by atoms with Crippen LogP contribution >= 0.6 is 0 Å². The molecule has 6 heteroatoms. The molecule has 2 N–H and O–H groups in total. The van der Waals surface area contributed by atoms with Crippen LogP contribution in [0, 0.1) is 0 Å². The number of carbonyl (C=O) groups excluding carboxylic acids is 1. The number of ketones is 1. The lowest BCUT2D eigenvalue weighted by molar-refractivity contribution is -0.124. The summed E-state index contributed by atoms with van der Waals surface area (Å²) < 4.78 is 28.5. The summed E-state index contributed by atoms with van der Waals surface area (Å²) in [5.41, 5.74) is 0. The Hall–Kier alpha value is -0.720. The Balaban J connectivity index is 3.96. The van der Waals surface area contributed by atoms with Crippen molar-refractivity contribution in [2.45, 2.75) is 12.5 Å². The fourth-order valence-corrected chi connectivity index (χ4v) is 0.968. The summed E-state index contributed by atoms with van der Waals surface area (Å²) >= 11 is 0. The summed E-state index contributed by atoms with van der Waals surface area (Å²) in [5.74, 6) is -1.35. The summed E-state index contributed by atoms with van der Waals surface area (Å²) in [6.07, 6.45) is -0.773.